The van der Waals surface area contributed by atoms with Crippen LogP contribution < -0.4 is 53.0 Å². The number of carbonyl (C=O) groups excluding carboxylic acids is 8. The van der Waals surface area contributed by atoms with E-state index in [-0.39, 0.29) is 60.5 Å². The van der Waals surface area contributed by atoms with Crippen molar-refractivity contribution in [1.29, 1.82) is 0 Å². The summed E-state index contributed by atoms with van der Waals surface area (Å²) >= 11 is 0. The molecule has 8 heterocycles. The summed E-state index contributed by atoms with van der Waals surface area (Å²) < 4.78 is 24.5. The van der Waals surface area contributed by atoms with Crippen LogP contribution in [-0.4, -0.2) is 247 Å². The van der Waals surface area contributed by atoms with E-state index in [4.69, 9.17) is 24.7 Å². The highest BCUT2D eigenvalue weighted by Gasteiger charge is 2.79. The molecule has 1 spiro atoms. The SMILES string of the molecule is CC[C@]1(OC)C[C@H]2CN(CCc3c([nH]c4ccccc34)[C@@](COC=O)(c3cc4c(cc3OC)N(C)[C@H]3[C@@](O)(C(=O)NNC(=O)OCCSSC[C@@H](C)NC(=O)[C@H](CC(=O)O)CC(=O)[C@H](CC(=O)O)NC(=O)[C@H](C)CC(=O)CC[C@H](NC(=O)c5ccc(NCc6cnc7cc(N)[nH]c(=O)c7n6)cc5)C(=O)O)[C@H](O)[C@]5(CC)C=CCN6CC[C@]43[C@@H]65)C2)C1. The maximum Gasteiger partial charge on any atom is 0.426 e. The normalized spacial score (nSPS) is 25.1. The van der Waals surface area contributed by atoms with Crippen molar-refractivity contribution in [1.82, 2.24) is 56.5 Å². The van der Waals surface area contributed by atoms with Crippen molar-refractivity contribution in [3.05, 3.63) is 129 Å². The fourth-order valence-electron chi connectivity index (χ4n) is 19.4. The van der Waals surface area contributed by atoms with Gasteiger partial charge in [-0.15, -0.1) is 0 Å². The van der Waals surface area contributed by atoms with Gasteiger partial charge in [-0.3, -0.25) is 68.2 Å². The minimum Gasteiger partial charge on any atom is -0.496 e. The van der Waals surface area contributed by atoms with Gasteiger partial charge >= 0.3 is 24.0 Å². The fourth-order valence-corrected chi connectivity index (χ4v) is 21.5. The van der Waals surface area contributed by atoms with Crippen molar-refractivity contribution in [3.8, 4) is 5.75 Å². The first-order valence-electron chi connectivity index (χ1n) is 40.1. The summed E-state index contributed by atoms with van der Waals surface area (Å²) in [5.74, 6) is -11.4. The van der Waals surface area contributed by atoms with Crippen molar-refractivity contribution < 1.29 is 97.2 Å². The van der Waals surface area contributed by atoms with Crippen molar-refractivity contribution >= 4 is 126 Å². The topological polar surface area (TPSA) is 508 Å². The molecule has 3 fully saturated rings. The van der Waals surface area contributed by atoms with E-state index in [2.05, 4.69) is 80.9 Å². The molecule has 15 atom stereocenters. The lowest BCUT2D eigenvalue weighted by atomic mass is 9.47. The van der Waals surface area contributed by atoms with Gasteiger partial charge in [0.15, 0.2) is 16.9 Å². The van der Waals surface area contributed by atoms with Crippen LogP contribution in [0.4, 0.5) is 22.0 Å². The molecule has 6 aromatic rings. The second-order valence-electron chi connectivity index (χ2n) is 32.4. The number of aliphatic carboxylic acids is 3. The van der Waals surface area contributed by atoms with Gasteiger partial charge in [-0.05, 0) is 112 Å². The molecule has 5 aliphatic heterocycles. The monoisotopic (exact) mass is 1700 g/mol. The molecule has 6 aliphatic rings. The summed E-state index contributed by atoms with van der Waals surface area (Å²) in [4.78, 5) is 179. The Kier molecular flexibility index (Phi) is 27.4. The summed E-state index contributed by atoms with van der Waals surface area (Å²) in [5, 5.41) is 67.8. The zero-order chi connectivity index (χ0) is 86.3. The average Bonchev–Trinajstić information content (AvgIpc) is 1.47. The molecule has 120 heavy (non-hydrogen) atoms. The fraction of sp³-hybridized carbons (Fsp3) is 0.518. The third kappa shape index (κ3) is 17.9. The van der Waals surface area contributed by atoms with Gasteiger partial charge in [0.25, 0.3) is 23.8 Å². The van der Waals surface area contributed by atoms with Crippen molar-refractivity contribution in [2.45, 2.75) is 170 Å². The molecule has 1 saturated carbocycles. The van der Waals surface area contributed by atoms with Gasteiger partial charge in [0.2, 0.25) is 11.8 Å². The number of ketones is 2. The lowest BCUT2D eigenvalue weighted by Gasteiger charge is -2.63. The van der Waals surface area contributed by atoms with E-state index in [1.165, 1.54) is 52.9 Å². The second-order valence-corrected chi connectivity index (χ2v) is 35.0. The summed E-state index contributed by atoms with van der Waals surface area (Å²) in [5.41, 5.74) is 10.1. The number of piperidine rings is 1. The number of carboxylic acids is 3. The highest BCUT2D eigenvalue weighted by molar-refractivity contribution is 8.76. The lowest BCUT2D eigenvalue weighted by molar-refractivity contribution is -0.204. The van der Waals surface area contributed by atoms with Crippen molar-refractivity contribution in [2.75, 3.05) is 94.7 Å². The number of anilines is 3. The number of aromatic amines is 2. The standard InChI is InChI=1S/C83H104N14O21S2/c1-8-79(116-7)36-47-37-81(43-117-44-98,68-54(21-25-96(40-47)42-79)53-13-10-11-14-57(53)89-68)56-32-55-61(35-63(56)115-6)95(5)75-82(55)23-26-97-24-12-22-80(9-2,74(82)97)76(111)83(75,114)77(112)93-94-78(113)118-27-28-119-120-41-46(4)87-71(107)49(31-65(101)102)30-62(100)59(34-66(103)104)91-69(105)45(3)29-52(99)19-20-58(73(109)110)90-70(106)48-15-17-50(18-16-48)85-38-51-39-86-60-33-64(84)92-72(108)67(60)88-51/h10-18,22,32-33,35,39,44-47,49,58-59,74-76,85,89,111,114H,8-9,19-21,23-31,34,36-38,40-43H2,1-7H3,(H,87,107)(H,90,106)(H,91,105)(H,93,112)(H,94,113)(H,101,102)(H,103,104)(H,109,110)(H3,84,92,108)/t45-,46-,47-,49+,58+,59+,74+,75-,76-,79+,80-,81+,82-,83+/m1/s1. The van der Waals surface area contributed by atoms with Crippen LogP contribution in [-0.2, 0) is 81.2 Å². The number of nitrogens with two attached hydrogens (primary N) is 1. The Bertz CT molecular complexity index is 5010. The average molecular weight is 1700 g/mol. The van der Waals surface area contributed by atoms with Crippen LogP contribution >= 0.6 is 21.6 Å². The number of carbonyl (C=O) groups is 11. The molecule has 37 heteroatoms. The van der Waals surface area contributed by atoms with Gasteiger partial charge in [0, 0.05) is 151 Å². The molecule has 35 nitrogen and oxygen atoms in total. The summed E-state index contributed by atoms with van der Waals surface area (Å²) in [7, 11) is 7.62. The second kappa shape index (κ2) is 37.1. The number of hydrogen-bond acceptors (Lipinski definition) is 27. The zero-order valence-electron chi connectivity index (χ0n) is 67.8. The third-order valence-electron chi connectivity index (χ3n) is 24.9. The zero-order valence-corrected chi connectivity index (χ0v) is 69.4. The molecule has 2 saturated heterocycles. The molecule has 15 N–H and O–H groups in total. The summed E-state index contributed by atoms with van der Waals surface area (Å²) in [6.07, 6.45) is 2.07. The molecule has 2 bridgehead atoms. The molecule has 3 aromatic carbocycles. The molecular weight excluding hydrogens is 1590 g/mol. The Morgan fingerprint density at radius 1 is 0.842 bits per heavy atom. The Morgan fingerprint density at radius 2 is 1.60 bits per heavy atom. The molecule has 644 valence electrons. The number of ether oxygens (including phenoxy) is 4. The van der Waals surface area contributed by atoms with Crippen LogP contribution in [0.1, 0.15) is 137 Å². The number of pyridine rings is 1. The van der Waals surface area contributed by atoms with E-state index in [0.29, 0.717) is 73.6 Å². The summed E-state index contributed by atoms with van der Waals surface area (Å²) in [6.45, 7) is 10.7. The van der Waals surface area contributed by atoms with Gasteiger partial charge in [0.1, 0.15) is 42.7 Å². The Hall–Kier alpha value is -10.7. The number of aliphatic hydroxyl groups is 2. The number of amides is 5. The van der Waals surface area contributed by atoms with E-state index in [1.807, 2.05) is 48.2 Å². The third-order valence-corrected chi connectivity index (χ3v) is 27.5. The number of para-hydroxylation sites is 1. The smallest absolute Gasteiger partial charge is 0.426 e. The number of benzene rings is 3. The maximum absolute atomic E-state index is 15.3. The van der Waals surface area contributed by atoms with Gasteiger partial charge in [-0.2, -0.15) is 0 Å². The summed E-state index contributed by atoms with van der Waals surface area (Å²) in [6, 6.07) is 14.1. The van der Waals surface area contributed by atoms with Crippen LogP contribution in [0.25, 0.3) is 21.9 Å². The number of nitrogens with one attached hydrogen (secondary N) is 8. The highest BCUT2D eigenvalue weighted by atomic mass is 33.1. The largest absolute Gasteiger partial charge is 0.496 e. The number of aliphatic hydroxyl groups excluding tert-OH is 1. The van der Waals surface area contributed by atoms with Gasteiger partial charge in [0.05, 0.1) is 72.9 Å². The molecular formula is C83H104N14O21S2. The number of likely N-dealkylation sites (N-methyl/N-ethyl adjacent to an activating group) is 1. The molecule has 1 unspecified atom stereocenters. The number of nitrogens with zero attached hydrogens (tertiary/aromatic N) is 5. The van der Waals surface area contributed by atoms with Crippen molar-refractivity contribution in [3.63, 3.8) is 0 Å². The first kappa shape index (κ1) is 88.6. The first-order valence-corrected chi connectivity index (χ1v) is 42.6. The molecule has 3 aromatic heterocycles. The quantitative estimate of drug-likeness (QED) is 0.00830. The Morgan fingerprint density at radius 3 is 2.31 bits per heavy atom. The number of hydrazine groups is 1. The van der Waals surface area contributed by atoms with Crippen LogP contribution in [0.3, 0.4) is 0 Å². The Labute approximate surface area is 698 Å². The number of rotatable bonds is 37. The van der Waals surface area contributed by atoms with E-state index < -0.39 is 172 Å². The minimum absolute atomic E-state index is 0.0356. The number of fused-ring (bicyclic) bond motifs is 7. The van der Waals surface area contributed by atoms with Crippen LogP contribution in [0.15, 0.2) is 89.9 Å². The molecule has 12 rings (SSSR count). The predicted molar refractivity (Wildman–Crippen MR) is 444 cm³/mol. The lowest BCUT2D eigenvalue weighted by Crippen LogP contribution is -2.82. The number of carboxylic acid groups (broad SMARTS) is 3. The highest BCUT2D eigenvalue weighted by Crippen LogP contribution is 2.68. The van der Waals surface area contributed by atoms with E-state index >= 15 is 4.79 Å². The number of hydrogen-bond donors (Lipinski definition) is 14. The predicted octanol–water partition coefficient (Wildman–Crippen LogP) is 4.64. The minimum atomic E-state index is -2.63. The molecule has 0 radical (unpaired) electrons. The number of Topliss-reactive ketones (excluding diaryl/α,β-unsaturated/α-hetero) is 2. The number of H-pyrrole nitrogens is 2. The first-order chi connectivity index (χ1) is 57.3. The van der Waals surface area contributed by atoms with E-state index in [1.54, 1.807) is 40.3 Å². The van der Waals surface area contributed by atoms with Crippen LogP contribution in [0.5, 0.6) is 5.75 Å². The Balaban J connectivity index is 0.632. The maximum atomic E-state index is 15.3. The van der Waals surface area contributed by atoms with Crippen molar-refractivity contribution in [2.24, 2.45) is 23.2 Å². The van der Waals surface area contributed by atoms with E-state index in [0.717, 1.165) is 65.8 Å². The van der Waals surface area contributed by atoms with Crippen LogP contribution in [0, 0.1) is 23.2 Å². The van der Waals surface area contributed by atoms with Gasteiger partial charge in [-0.25, -0.2) is 20.0 Å². The number of aromatic nitrogens is 4. The number of nitrogen functional groups attached to an aromatic ring is 1. The molecule has 5 amide bonds. The number of methoxy groups -OCH3 is 2. The van der Waals surface area contributed by atoms with Crippen LogP contribution in [0.2, 0.25) is 0 Å². The van der Waals surface area contributed by atoms with E-state index in [9.17, 15) is 78.3 Å². The molecule has 1 aliphatic carbocycles. The van der Waals surface area contributed by atoms with Gasteiger partial charge < -0.3 is 86.3 Å². The van der Waals surface area contributed by atoms with Gasteiger partial charge in [-0.1, -0.05) is 72.7 Å².